The van der Waals surface area contributed by atoms with E-state index in [1.54, 1.807) is 0 Å². The number of anilines is 1. The van der Waals surface area contributed by atoms with Crippen molar-refractivity contribution in [3.8, 4) is 0 Å². The van der Waals surface area contributed by atoms with Crippen LogP contribution < -0.4 is 15.5 Å². The van der Waals surface area contributed by atoms with E-state index in [0.29, 0.717) is 19.5 Å². The van der Waals surface area contributed by atoms with Gasteiger partial charge in [0.25, 0.3) is 0 Å². The second-order valence-electron chi connectivity index (χ2n) is 8.39. The molecule has 2 aliphatic rings. The van der Waals surface area contributed by atoms with Crippen molar-refractivity contribution in [3.63, 3.8) is 0 Å². The van der Waals surface area contributed by atoms with Crippen LogP contribution in [-0.4, -0.2) is 62.5 Å². The number of piperazine rings is 1. The third-order valence-corrected chi connectivity index (χ3v) is 6.38. The smallest absolute Gasteiger partial charge is 0.223 e. The molecular formula is C23H35ClN4O2. The van der Waals surface area contributed by atoms with Crippen molar-refractivity contribution in [1.29, 1.82) is 0 Å². The lowest BCUT2D eigenvalue weighted by molar-refractivity contribution is -0.126. The van der Waals surface area contributed by atoms with Crippen LogP contribution in [0.1, 0.15) is 44.9 Å². The summed E-state index contributed by atoms with van der Waals surface area (Å²) in [7, 11) is 0. The highest BCUT2D eigenvalue weighted by Crippen LogP contribution is 2.23. The Bertz CT molecular complexity index is 686. The Kier molecular flexibility index (Phi) is 9.27. The normalized spacial score (nSPS) is 18.2. The molecule has 2 N–H and O–H groups in total. The van der Waals surface area contributed by atoms with E-state index < -0.39 is 0 Å². The highest BCUT2D eigenvalue weighted by atomic mass is 35.5. The average Bonchev–Trinajstić information content (AvgIpc) is 2.77. The number of nitrogens with one attached hydrogen (secondary N) is 2. The van der Waals surface area contributed by atoms with Gasteiger partial charge in [0.2, 0.25) is 11.8 Å². The highest BCUT2D eigenvalue weighted by molar-refractivity contribution is 6.30. The molecular weight excluding hydrogens is 400 g/mol. The molecule has 3 rings (SSSR count). The van der Waals surface area contributed by atoms with Crippen molar-refractivity contribution >= 4 is 29.1 Å². The van der Waals surface area contributed by atoms with Gasteiger partial charge in [-0.15, -0.1) is 0 Å². The summed E-state index contributed by atoms with van der Waals surface area (Å²) in [6, 6.07) is 8.02. The molecule has 1 aromatic rings. The second kappa shape index (κ2) is 12.2. The summed E-state index contributed by atoms with van der Waals surface area (Å²) in [4.78, 5) is 28.9. The zero-order chi connectivity index (χ0) is 21.2. The maximum absolute atomic E-state index is 12.1. The molecule has 0 unspecified atom stereocenters. The molecule has 6 nitrogen and oxygen atoms in total. The minimum atomic E-state index is 0.0183. The molecule has 0 aromatic heterocycles. The first-order valence-corrected chi connectivity index (χ1v) is 11.8. The van der Waals surface area contributed by atoms with Crippen LogP contribution in [0.5, 0.6) is 0 Å². The fourth-order valence-electron chi connectivity index (χ4n) is 4.33. The number of carbonyl (C=O) groups is 2. The number of rotatable bonds is 9. The summed E-state index contributed by atoms with van der Waals surface area (Å²) in [5, 5.41) is 6.68. The van der Waals surface area contributed by atoms with Crippen LogP contribution in [0.4, 0.5) is 5.69 Å². The molecule has 0 bridgehead atoms. The zero-order valence-corrected chi connectivity index (χ0v) is 18.6. The van der Waals surface area contributed by atoms with Crippen LogP contribution >= 0.6 is 11.6 Å². The number of nitrogens with zero attached hydrogens (tertiary/aromatic N) is 2. The number of hydrogen-bond acceptors (Lipinski definition) is 4. The van der Waals surface area contributed by atoms with Crippen molar-refractivity contribution in [3.05, 3.63) is 29.3 Å². The van der Waals surface area contributed by atoms with Gasteiger partial charge in [-0.25, -0.2) is 0 Å². The van der Waals surface area contributed by atoms with Gasteiger partial charge < -0.3 is 15.5 Å². The van der Waals surface area contributed by atoms with Crippen molar-refractivity contribution in [2.45, 2.75) is 44.9 Å². The summed E-state index contributed by atoms with van der Waals surface area (Å²) >= 11 is 6.09. The van der Waals surface area contributed by atoms with Crippen molar-refractivity contribution in [2.24, 2.45) is 5.92 Å². The molecule has 0 radical (unpaired) electrons. The van der Waals surface area contributed by atoms with E-state index in [0.717, 1.165) is 69.9 Å². The molecule has 2 amide bonds. The molecule has 0 atom stereocenters. The number of benzene rings is 1. The topological polar surface area (TPSA) is 64.7 Å². The lowest BCUT2D eigenvalue weighted by Crippen LogP contribution is -2.47. The summed E-state index contributed by atoms with van der Waals surface area (Å²) in [6.45, 7) is 6.14. The monoisotopic (exact) mass is 434 g/mol. The predicted octanol–water partition coefficient (Wildman–Crippen LogP) is 3.05. The number of carbonyl (C=O) groups excluding carboxylic acids is 2. The first-order chi connectivity index (χ1) is 14.6. The van der Waals surface area contributed by atoms with E-state index in [1.807, 2.05) is 18.2 Å². The summed E-state index contributed by atoms with van der Waals surface area (Å²) < 4.78 is 0. The SMILES string of the molecule is O=C(CCNC(=O)C1CCCCC1)NCCCN1CCN(c2cccc(Cl)c2)CC1. The molecule has 1 heterocycles. The number of halogens is 1. The van der Waals surface area contributed by atoms with Gasteiger partial charge in [-0.1, -0.05) is 36.9 Å². The quantitative estimate of drug-likeness (QED) is 0.586. The van der Waals surface area contributed by atoms with Gasteiger partial charge >= 0.3 is 0 Å². The lowest BCUT2D eigenvalue weighted by Gasteiger charge is -2.36. The average molecular weight is 435 g/mol. The van der Waals surface area contributed by atoms with Gasteiger partial charge in [-0.2, -0.15) is 0 Å². The molecule has 1 aliphatic heterocycles. The second-order valence-corrected chi connectivity index (χ2v) is 8.82. The first kappa shape index (κ1) is 22.9. The van der Waals surface area contributed by atoms with Crippen LogP contribution in [0.3, 0.4) is 0 Å². The summed E-state index contributed by atoms with van der Waals surface area (Å²) in [5.41, 5.74) is 1.19. The van der Waals surface area contributed by atoms with Gasteiger partial charge in [0, 0.05) is 62.3 Å². The Morgan fingerprint density at radius 3 is 2.50 bits per heavy atom. The van der Waals surface area contributed by atoms with Crippen LogP contribution in [-0.2, 0) is 9.59 Å². The Labute approximate surface area is 185 Å². The molecule has 1 saturated heterocycles. The summed E-state index contributed by atoms with van der Waals surface area (Å²) in [5.74, 6) is 0.297. The van der Waals surface area contributed by atoms with E-state index in [1.165, 1.54) is 12.1 Å². The van der Waals surface area contributed by atoms with Crippen LogP contribution in [0.15, 0.2) is 24.3 Å². The first-order valence-electron chi connectivity index (χ1n) is 11.4. The van der Waals surface area contributed by atoms with Crippen LogP contribution in [0.25, 0.3) is 0 Å². The molecule has 1 aliphatic carbocycles. The maximum Gasteiger partial charge on any atom is 0.223 e. The minimum Gasteiger partial charge on any atom is -0.369 e. The van der Waals surface area contributed by atoms with E-state index in [-0.39, 0.29) is 17.7 Å². The van der Waals surface area contributed by atoms with Gasteiger partial charge in [-0.05, 0) is 44.0 Å². The van der Waals surface area contributed by atoms with Crippen LogP contribution in [0.2, 0.25) is 5.02 Å². The Morgan fingerprint density at radius 1 is 1.00 bits per heavy atom. The molecule has 1 saturated carbocycles. The van der Waals surface area contributed by atoms with E-state index in [4.69, 9.17) is 11.6 Å². The number of amides is 2. The third kappa shape index (κ3) is 7.47. The summed E-state index contributed by atoms with van der Waals surface area (Å²) in [6.07, 6.45) is 6.82. The third-order valence-electron chi connectivity index (χ3n) is 6.15. The molecule has 0 spiro atoms. The van der Waals surface area contributed by atoms with E-state index >= 15 is 0 Å². The largest absolute Gasteiger partial charge is 0.369 e. The van der Waals surface area contributed by atoms with E-state index in [2.05, 4.69) is 26.5 Å². The molecule has 166 valence electrons. The van der Waals surface area contributed by atoms with Gasteiger partial charge in [0.1, 0.15) is 0 Å². The molecule has 2 fully saturated rings. The van der Waals surface area contributed by atoms with Crippen molar-refractivity contribution in [2.75, 3.05) is 50.7 Å². The number of hydrogen-bond donors (Lipinski definition) is 2. The fourth-order valence-corrected chi connectivity index (χ4v) is 4.51. The predicted molar refractivity (Wildman–Crippen MR) is 122 cm³/mol. The Balaban J connectivity index is 1.21. The van der Waals surface area contributed by atoms with Crippen LogP contribution in [0, 0.1) is 5.92 Å². The van der Waals surface area contributed by atoms with Gasteiger partial charge in [0.15, 0.2) is 0 Å². The fraction of sp³-hybridized carbons (Fsp3) is 0.652. The zero-order valence-electron chi connectivity index (χ0n) is 17.9. The van der Waals surface area contributed by atoms with Crippen molar-refractivity contribution < 1.29 is 9.59 Å². The highest BCUT2D eigenvalue weighted by Gasteiger charge is 2.20. The molecule has 1 aromatic carbocycles. The van der Waals surface area contributed by atoms with Gasteiger partial charge in [0.05, 0.1) is 0 Å². The Morgan fingerprint density at radius 2 is 1.77 bits per heavy atom. The van der Waals surface area contributed by atoms with Crippen molar-refractivity contribution in [1.82, 2.24) is 15.5 Å². The maximum atomic E-state index is 12.1. The minimum absolute atomic E-state index is 0.0183. The van der Waals surface area contributed by atoms with Gasteiger partial charge in [-0.3, -0.25) is 14.5 Å². The molecule has 30 heavy (non-hydrogen) atoms. The van der Waals surface area contributed by atoms with E-state index in [9.17, 15) is 9.59 Å². The Hall–Kier alpha value is -1.79. The standard InChI is InChI=1S/C23H35ClN4O2/c24-20-8-4-9-21(18-20)28-16-14-27(15-17-28)13-5-11-25-22(29)10-12-26-23(30)19-6-2-1-3-7-19/h4,8-9,18-19H,1-3,5-7,10-17H2,(H,25,29)(H,26,30). The molecule has 7 heteroatoms. The lowest BCUT2D eigenvalue weighted by atomic mass is 9.89.